The van der Waals surface area contributed by atoms with Gasteiger partial charge in [-0.1, -0.05) is 6.92 Å². The van der Waals surface area contributed by atoms with E-state index < -0.39 is 18.3 Å². The van der Waals surface area contributed by atoms with Crippen molar-refractivity contribution in [2.75, 3.05) is 6.61 Å². The van der Waals surface area contributed by atoms with Crippen LogP contribution in [0.15, 0.2) is 0 Å². The van der Waals surface area contributed by atoms with Crippen LogP contribution in [0.25, 0.3) is 0 Å². The highest BCUT2D eigenvalue weighted by molar-refractivity contribution is 4.65. The third kappa shape index (κ3) is 7.26. The molecule has 0 amide bonds. The van der Waals surface area contributed by atoms with Crippen molar-refractivity contribution >= 4 is 0 Å². The lowest BCUT2D eigenvalue weighted by Gasteiger charge is -2.15. The number of aliphatic hydroxyl groups excluding tert-OH is 4. The van der Waals surface area contributed by atoms with Gasteiger partial charge in [-0.3, -0.25) is 0 Å². The number of rotatable bonds is 8. The highest BCUT2D eigenvalue weighted by Crippen LogP contribution is 2.10. The summed E-state index contributed by atoms with van der Waals surface area (Å²) in [6.45, 7) is 1.83. The molecule has 0 aliphatic heterocycles. The van der Waals surface area contributed by atoms with Crippen LogP contribution in [-0.2, 0) is 0 Å². The molecule has 0 heterocycles. The summed E-state index contributed by atoms with van der Waals surface area (Å²) in [4.78, 5) is 0. The summed E-state index contributed by atoms with van der Waals surface area (Å²) in [5.41, 5.74) is 0. The van der Waals surface area contributed by atoms with E-state index in [-0.39, 0.29) is 6.61 Å². The summed E-state index contributed by atoms with van der Waals surface area (Å²) < 4.78 is 0. The van der Waals surface area contributed by atoms with Gasteiger partial charge in [0.05, 0.1) is 18.3 Å². The molecule has 0 spiro atoms. The van der Waals surface area contributed by atoms with E-state index in [4.69, 9.17) is 5.11 Å². The molecule has 86 valence electrons. The van der Waals surface area contributed by atoms with Gasteiger partial charge < -0.3 is 20.4 Å². The first kappa shape index (κ1) is 13.8. The average Bonchev–Trinajstić information content (AvgIpc) is 2.15. The van der Waals surface area contributed by atoms with Gasteiger partial charge in [-0.15, -0.1) is 0 Å². The highest BCUT2D eigenvalue weighted by Gasteiger charge is 2.12. The maximum atomic E-state index is 9.43. The van der Waals surface area contributed by atoms with Crippen molar-refractivity contribution in [1.82, 2.24) is 0 Å². The van der Waals surface area contributed by atoms with E-state index in [2.05, 4.69) is 0 Å². The average molecular weight is 206 g/mol. The van der Waals surface area contributed by atoms with Crippen molar-refractivity contribution in [2.45, 2.75) is 57.3 Å². The van der Waals surface area contributed by atoms with Crippen molar-refractivity contribution < 1.29 is 20.4 Å². The minimum atomic E-state index is -0.557. The van der Waals surface area contributed by atoms with Crippen LogP contribution >= 0.6 is 0 Å². The Morgan fingerprint density at radius 3 is 1.93 bits per heavy atom. The predicted molar refractivity (Wildman–Crippen MR) is 53.9 cm³/mol. The minimum absolute atomic E-state index is 0.0329. The molecule has 0 aliphatic carbocycles. The number of hydrogen-bond acceptors (Lipinski definition) is 4. The van der Waals surface area contributed by atoms with Gasteiger partial charge in [-0.25, -0.2) is 0 Å². The van der Waals surface area contributed by atoms with E-state index in [0.717, 1.165) is 0 Å². The molecule has 0 aromatic rings. The van der Waals surface area contributed by atoms with Crippen LogP contribution in [0.5, 0.6) is 0 Å². The fourth-order valence-corrected chi connectivity index (χ4v) is 1.28. The summed E-state index contributed by atoms with van der Waals surface area (Å²) >= 11 is 0. The Hall–Kier alpha value is -0.160. The zero-order chi connectivity index (χ0) is 11.0. The van der Waals surface area contributed by atoms with E-state index in [1.807, 2.05) is 6.92 Å². The molecule has 4 heteroatoms. The molecule has 0 aromatic heterocycles. The first-order valence-corrected chi connectivity index (χ1v) is 5.25. The maximum absolute atomic E-state index is 9.43. The van der Waals surface area contributed by atoms with Crippen molar-refractivity contribution in [1.29, 1.82) is 0 Å². The van der Waals surface area contributed by atoms with Crippen LogP contribution < -0.4 is 0 Å². The van der Waals surface area contributed by atoms with Gasteiger partial charge in [0, 0.05) is 6.61 Å². The zero-order valence-corrected chi connectivity index (χ0v) is 8.76. The molecular weight excluding hydrogens is 184 g/mol. The molecule has 3 atom stereocenters. The van der Waals surface area contributed by atoms with E-state index >= 15 is 0 Å². The summed E-state index contributed by atoms with van der Waals surface area (Å²) in [6, 6.07) is 0. The monoisotopic (exact) mass is 206 g/mol. The Labute approximate surface area is 85.2 Å². The summed E-state index contributed by atoms with van der Waals surface area (Å²) in [5, 5.41) is 36.4. The lowest BCUT2D eigenvalue weighted by molar-refractivity contribution is 0.0553. The van der Waals surface area contributed by atoms with Crippen LogP contribution in [0.4, 0.5) is 0 Å². The second kappa shape index (κ2) is 8.17. The van der Waals surface area contributed by atoms with Gasteiger partial charge in [0.1, 0.15) is 0 Å². The topological polar surface area (TPSA) is 80.9 Å². The number of aliphatic hydroxyl groups is 4. The Morgan fingerprint density at radius 1 is 0.857 bits per heavy atom. The van der Waals surface area contributed by atoms with Gasteiger partial charge in [-0.2, -0.15) is 0 Å². The molecule has 0 bridgehead atoms. The summed E-state index contributed by atoms with van der Waals surface area (Å²) in [6.07, 6.45) is 0.726. The van der Waals surface area contributed by atoms with Gasteiger partial charge in [-0.05, 0) is 32.1 Å². The smallest absolute Gasteiger partial charge is 0.0565 e. The van der Waals surface area contributed by atoms with Crippen molar-refractivity contribution in [3.8, 4) is 0 Å². The fourth-order valence-electron chi connectivity index (χ4n) is 1.28. The SMILES string of the molecule is CCC(O)CC(O)CCC(O)CCO. The number of hydrogen-bond donors (Lipinski definition) is 4. The van der Waals surface area contributed by atoms with Crippen molar-refractivity contribution in [3.63, 3.8) is 0 Å². The molecule has 0 aromatic carbocycles. The molecule has 0 radical (unpaired) electrons. The molecular formula is C10H22O4. The quantitative estimate of drug-likeness (QED) is 0.452. The second-order valence-electron chi connectivity index (χ2n) is 3.70. The van der Waals surface area contributed by atoms with Crippen LogP contribution in [0.2, 0.25) is 0 Å². The molecule has 0 rings (SSSR count). The highest BCUT2D eigenvalue weighted by atomic mass is 16.3. The van der Waals surface area contributed by atoms with Crippen LogP contribution in [0, 0.1) is 0 Å². The largest absolute Gasteiger partial charge is 0.396 e. The van der Waals surface area contributed by atoms with Gasteiger partial charge in [0.25, 0.3) is 0 Å². The molecule has 0 fully saturated rings. The van der Waals surface area contributed by atoms with E-state index in [9.17, 15) is 15.3 Å². The Bertz CT molecular complexity index is 129. The van der Waals surface area contributed by atoms with E-state index in [1.54, 1.807) is 0 Å². The van der Waals surface area contributed by atoms with Gasteiger partial charge in [0.15, 0.2) is 0 Å². The Morgan fingerprint density at radius 2 is 1.43 bits per heavy atom. The lowest BCUT2D eigenvalue weighted by atomic mass is 10.0. The van der Waals surface area contributed by atoms with E-state index in [1.165, 1.54) is 0 Å². The second-order valence-corrected chi connectivity index (χ2v) is 3.70. The lowest BCUT2D eigenvalue weighted by Crippen LogP contribution is -2.19. The molecule has 0 saturated heterocycles. The normalized spacial score (nSPS) is 17.8. The molecule has 0 saturated carbocycles. The molecule has 14 heavy (non-hydrogen) atoms. The molecule has 0 aliphatic rings. The third-order valence-electron chi connectivity index (χ3n) is 2.31. The summed E-state index contributed by atoms with van der Waals surface area (Å²) in [7, 11) is 0. The predicted octanol–water partition coefficient (Wildman–Crippen LogP) is 0.0318. The fraction of sp³-hybridized carbons (Fsp3) is 1.00. The van der Waals surface area contributed by atoms with Crippen molar-refractivity contribution in [2.24, 2.45) is 0 Å². The Balaban J connectivity index is 3.47. The van der Waals surface area contributed by atoms with Gasteiger partial charge >= 0.3 is 0 Å². The summed E-state index contributed by atoms with van der Waals surface area (Å²) in [5.74, 6) is 0. The Kier molecular flexibility index (Phi) is 8.08. The molecule has 4 nitrogen and oxygen atoms in total. The first-order chi connectivity index (χ1) is 6.60. The van der Waals surface area contributed by atoms with Crippen LogP contribution in [0.3, 0.4) is 0 Å². The van der Waals surface area contributed by atoms with E-state index in [0.29, 0.717) is 32.1 Å². The minimum Gasteiger partial charge on any atom is -0.396 e. The van der Waals surface area contributed by atoms with Crippen LogP contribution in [-0.4, -0.2) is 45.3 Å². The maximum Gasteiger partial charge on any atom is 0.0565 e. The standard InChI is InChI=1S/C10H22O4/c1-2-8(12)7-10(14)4-3-9(13)5-6-11/h8-14H,2-7H2,1H3. The molecule has 4 N–H and O–H groups in total. The first-order valence-electron chi connectivity index (χ1n) is 5.25. The third-order valence-corrected chi connectivity index (χ3v) is 2.31. The zero-order valence-electron chi connectivity index (χ0n) is 8.76. The van der Waals surface area contributed by atoms with Crippen LogP contribution in [0.1, 0.15) is 39.0 Å². The van der Waals surface area contributed by atoms with Gasteiger partial charge in [0.2, 0.25) is 0 Å². The van der Waals surface area contributed by atoms with Crippen molar-refractivity contribution in [3.05, 3.63) is 0 Å². The molecule has 3 unspecified atom stereocenters.